The second kappa shape index (κ2) is 6.84. The standard InChI is InChI=1S/C17H18N2O4S/c1-11-4-5-14(10-12(11)2)17(21)19-24(22,23)16-8-6-15(7-9-16)18-13(3)20/h4-10H,1-3H3,(H,18,20)(H,19,21). The second-order valence-corrected chi connectivity index (χ2v) is 7.12. The first-order valence-electron chi connectivity index (χ1n) is 7.21. The Morgan fingerprint density at radius 3 is 2.08 bits per heavy atom. The Morgan fingerprint density at radius 2 is 1.54 bits per heavy atom. The third kappa shape index (κ3) is 4.20. The summed E-state index contributed by atoms with van der Waals surface area (Å²) in [7, 11) is -3.99. The maximum atomic E-state index is 12.3. The molecule has 0 aromatic heterocycles. The van der Waals surface area contributed by atoms with Crippen LogP contribution in [0.25, 0.3) is 0 Å². The van der Waals surface area contributed by atoms with E-state index in [0.29, 0.717) is 5.69 Å². The van der Waals surface area contributed by atoms with Gasteiger partial charge >= 0.3 is 0 Å². The molecule has 7 heteroatoms. The molecular formula is C17H18N2O4S. The van der Waals surface area contributed by atoms with Crippen molar-refractivity contribution >= 4 is 27.5 Å². The highest BCUT2D eigenvalue weighted by molar-refractivity contribution is 7.90. The van der Waals surface area contributed by atoms with Gasteiger partial charge in [-0.15, -0.1) is 0 Å². The number of hydrogen-bond donors (Lipinski definition) is 2. The lowest BCUT2D eigenvalue weighted by atomic mass is 10.1. The van der Waals surface area contributed by atoms with Crippen LogP contribution < -0.4 is 10.0 Å². The largest absolute Gasteiger partial charge is 0.326 e. The zero-order valence-electron chi connectivity index (χ0n) is 13.6. The minimum Gasteiger partial charge on any atom is -0.326 e. The average Bonchev–Trinajstić information content (AvgIpc) is 2.49. The summed E-state index contributed by atoms with van der Waals surface area (Å²) in [6, 6.07) is 10.5. The monoisotopic (exact) mass is 346 g/mol. The van der Waals surface area contributed by atoms with E-state index in [0.717, 1.165) is 11.1 Å². The smallest absolute Gasteiger partial charge is 0.265 e. The van der Waals surface area contributed by atoms with E-state index in [1.54, 1.807) is 18.2 Å². The van der Waals surface area contributed by atoms with Crippen LogP contribution in [-0.2, 0) is 14.8 Å². The molecule has 0 heterocycles. The Labute approximate surface area is 140 Å². The molecule has 0 aliphatic rings. The summed E-state index contributed by atoms with van der Waals surface area (Å²) in [6.45, 7) is 5.11. The number of benzene rings is 2. The van der Waals surface area contributed by atoms with Crippen LogP contribution in [0.3, 0.4) is 0 Å². The van der Waals surface area contributed by atoms with E-state index in [2.05, 4.69) is 5.32 Å². The molecule has 0 fully saturated rings. The zero-order valence-corrected chi connectivity index (χ0v) is 14.4. The van der Waals surface area contributed by atoms with Crippen LogP contribution in [0, 0.1) is 13.8 Å². The van der Waals surface area contributed by atoms with Crippen molar-refractivity contribution in [1.82, 2.24) is 4.72 Å². The molecular weight excluding hydrogens is 328 g/mol. The third-order valence-corrected chi connectivity index (χ3v) is 4.83. The fourth-order valence-electron chi connectivity index (χ4n) is 2.04. The molecule has 0 radical (unpaired) electrons. The zero-order chi connectivity index (χ0) is 17.9. The molecule has 0 saturated heterocycles. The Kier molecular flexibility index (Phi) is 5.04. The van der Waals surface area contributed by atoms with Gasteiger partial charge in [0.15, 0.2) is 0 Å². The number of nitrogens with one attached hydrogen (secondary N) is 2. The van der Waals surface area contributed by atoms with E-state index in [4.69, 9.17) is 0 Å². The summed E-state index contributed by atoms with van der Waals surface area (Å²) in [6.07, 6.45) is 0. The highest BCUT2D eigenvalue weighted by Gasteiger charge is 2.19. The number of anilines is 1. The van der Waals surface area contributed by atoms with E-state index in [-0.39, 0.29) is 16.4 Å². The number of aryl methyl sites for hydroxylation is 2. The first kappa shape index (κ1) is 17.7. The Hall–Kier alpha value is -2.67. The van der Waals surface area contributed by atoms with Crippen LogP contribution in [0.5, 0.6) is 0 Å². The Balaban J connectivity index is 2.19. The lowest BCUT2D eigenvalue weighted by Crippen LogP contribution is -2.30. The molecule has 0 unspecified atom stereocenters. The first-order chi connectivity index (χ1) is 11.2. The Bertz CT molecular complexity index is 887. The number of amides is 2. The van der Waals surface area contributed by atoms with Crippen molar-refractivity contribution in [3.8, 4) is 0 Å². The molecule has 0 bridgehead atoms. The highest BCUT2D eigenvalue weighted by Crippen LogP contribution is 2.15. The average molecular weight is 346 g/mol. The third-order valence-electron chi connectivity index (χ3n) is 3.48. The van der Waals surface area contributed by atoms with E-state index in [1.807, 2.05) is 18.6 Å². The van der Waals surface area contributed by atoms with Gasteiger partial charge in [-0.05, 0) is 61.4 Å². The summed E-state index contributed by atoms with van der Waals surface area (Å²) >= 11 is 0. The molecule has 24 heavy (non-hydrogen) atoms. The molecule has 126 valence electrons. The fourth-order valence-corrected chi connectivity index (χ4v) is 3.02. The van der Waals surface area contributed by atoms with Crippen molar-refractivity contribution in [2.45, 2.75) is 25.7 Å². The highest BCUT2D eigenvalue weighted by atomic mass is 32.2. The van der Waals surface area contributed by atoms with Gasteiger partial charge in [-0.1, -0.05) is 6.07 Å². The number of carbonyl (C=O) groups excluding carboxylic acids is 2. The SMILES string of the molecule is CC(=O)Nc1ccc(S(=O)(=O)NC(=O)c2ccc(C)c(C)c2)cc1. The van der Waals surface area contributed by atoms with Crippen LogP contribution in [-0.4, -0.2) is 20.2 Å². The predicted molar refractivity (Wildman–Crippen MR) is 91.3 cm³/mol. The van der Waals surface area contributed by atoms with E-state index < -0.39 is 15.9 Å². The molecule has 0 spiro atoms. The molecule has 0 saturated carbocycles. The van der Waals surface area contributed by atoms with Gasteiger partial charge in [0.05, 0.1) is 4.90 Å². The van der Waals surface area contributed by atoms with Gasteiger partial charge in [0.1, 0.15) is 0 Å². The van der Waals surface area contributed by atoms with Crippen molar-refractivity contribution in [2.75, 3.05) is 5.32 Å². The van der Waals surface area contributed by atoms with E-state index in [1.165, 1.54) is 31.2 Å². The summed E-state index contributed by atoms with van der Waals surface area (Å²) in [5, 5.41) is 2.54. The number of rotatable bonds is 4. The first-order valence-corrected chi connectivity index (χ1v) is 8.69. The lowest BCUT2D eigenvalue weighted by molar-refractivity contribution is -0.114. The molecule has 2 rings (SSSR count). The van der Waals surface area contributed by atoms with E-state index >= 15 is 0 Å². The molecule has 2 N–H and O–H groups in total. The van der Waals surface area contributed by atoms with Gasteiger partial charge in [0.25, 0.3) is 15.9 Å². The summed E-state index contributed by atoms with van der Waals surface area (Å²) in [5.41, 5.74) is 2.67. The van der Waals surface area contributed by atoms with Crippen molar-refractivity contribution in [3.63, 3.8) is 0 Å². The van der Waals surface area contributed by atoms with Crippen molar-refractivity contribution < 1.29 is 18.0 Å². The molecule has 2 aromatic carbocycles. The molecule has 2 amide bonds. The normalized spacial score (nSPS) is 11.0. The van der Waals surface area contributed by atoms with Crippen molar-refractivity contribution in [1.29, 1.82) is 0 Å². The topological polar surface area (TPSA) is 92.3 Å². The molecule has 6 nitrogen and oxygen atoms in total. The molecule has 2 aromatic rings. The van der Waals surface area contributed by atoms with Gasteiger partial charge in [-0.3, -0.25) is 9.59 Å². The van der Waals surface area contributed by atoms with Gasteiger partial charge in [-0.2, -0.15) is 0 Å². The number of hydrogen-bond acceptors (Lipinski definition) is 4. The molecule has 0 aliphatic carbocycles. The summed E-state index contributed by atoms with van der Waals surface area (Å²) in [4.78, 5) is 23.1. The van der Waals surface area contributed by atoms with Crippen molar-refractivity contribution in [2.24, 2.45) is 0 Å². The minimum absolute atomic E-state index is 0.0613. The van der Waals surface area contributed by atoms with Crippen LogP contribution in [0.4, 0.5) is 5.69 Å². The maximum absolute atomic E-state index is 12.3. The lowest BCUT2D eigenvalue weighted by Gasteiger charge is -2.09. The van der Waals surface area contributed by atoms with E-state index in [9.17, 15) is 18.0 Å². The van der Waals surface area contributed by atoms with Gasteiger partial charge < -0.3 is 5.32 Å². The second-order valence-electron chi connectivity index (χ2n) is 5.44. The van der Waals surface area contributed by atoms with Crippen LogP contribution >= 0.6 is 0 Å². The van der Waals surface area contributed by atoms with Gasteiger partial charge in [0, 0.05) is 18.2 Å². The van der Waals surface area contributed by atoms with Crippen LogP contribution in [0.2, 0.25) is 0 Å². The predicted octanol–water partition coefficient (Wildman–Crippen LogP) is 2.38. The van der Waals surface area contributed by atoms with Crippen LogP contribution in [0.1, 0.15) is 28.4 Å². The summed E-state index contributed by atoms with van der Waals surface area (Å²) < 4.78 is 26.6. The summed E-state index contributed by atoms with van der Waals surface area (Å²) in [5.74, 6) is -0.947. The number of carbonyl (C=O) groups is 2. The van der Waals surface area contributed by atoms with Gasteiger partial charge in [-0.25, -0.2) is 13.1 Å². The Morgan fingerprint density at radius 1 is 0.917 bits per heavy atom. The minimum atomic E-state index is -3.99. The molecule has 0 aliphatic heterocycles. The fraction of sp³-hybridized carbons (Fsp3) is 0.176. The quantitative estimate of drug-likeness (QED) is 0.889. The van der Waals surface area contributed by atoms with Crippen molar-refractivity contribution in [3.05, 3.63) is 59.2 Å². The van der Waals surface area contributed by atoms with Gasteiger partial charge in [0.2, 0.25) is 5.91 Å². The van der Waals surface area contributed by atoms with Crippen LogP contribution in [0.15, 0.2) is 47.4 Å². The molecule has 0 atom stereocenters. The number of sulfonamides is 1. The maximum Gasteiger partial charge on any atom is 0.265 e.